The maximum absolute atomic E-state index is 4.87. The zero-order valence-corrected chi connectivity index (χ0v) is 8.47. The van der Waals surface area contributed by atoms with Crippen LogP contribution in [0.1, 0.15) is 38.5 Å². The second kappa shape index (κ2) is 8.97. The van der Waals surface area contributed by atoms with E-state index in [-0.39, 0.29) is 0 Å². The zero-order chi connectivity index (χ0) is 9.90. The molecule has 0 fully saturated rings. The Bertz CT molecular complexity index is 168. The number of rotatable bonds is 0. The van der Waals surface area contributed by atoms with Crippen molar-refractivity contribution >= 4 is 0 Å². The van der Waals surface area contributed by atoms with Gasteiger partial charge in [0, 0.05) is 19.4 Å². The van der Waals surface area contributed by atoms with E-state index in [1.54, 1.807) is 0 Å². The van der Waals surface area contributed by atoms with Gasteiger partial charge in [0.2, 0.25) is 0 Å². The first-order valence-electron chi connectivity index (χ1n) is 5.22. The van der Waals surface area contributed by atoms with Crippen molar-refractivity contribution in [1.29, 1.82) is 0 Å². The van der Waals surface area contributed by atoms with Gasteiger partial charge in [0.15, 0.2) is 0 Å². The molecule has 1 heterocycles. The van der Waals surface area contributed by atoms with Crippen LogP contribution in [0.5, 0.6) is 0 Å². The van der Waals surface area contributed by atoms with Crippen LogP contribution in [0, 0.1) is 11.8 Å². The van der Waals surface area contributed by atoms with E-state index in [2.05, 4.69) is 27.8 Å². The summed E-state index contributed by atoms with van der Waals surface area (Å²) >= 11 is 0. The van der Waals surface area contributed by atoms with Crippen molar-refractivity contribution in [2.45, 2.75) is 38.5 Å². The maximum atomic E-state index is 4.87. The van der Waals surface area contributed by atoms with E-state index >= 15 is 0 Å². The van der Waals surface area contributed by atoms with Gasteiger partial charge in [0.05, 0.1) is 6.61 Å². The van der Waals surface area contributed by atoms with Gasteiger partial charge in [0.25, 0.3) is 0 Å². The summed E-state index contributed by atoms with van der Waals surface area (Å²) < 4.78 is 0. The standard InChI is InChI=1S/C10H18N2O2/c1-2-4-6-8-10-13-14-12-11-9-7-5-3-1/h11-12H,1-2,4,6-10H2. The molecule has 0 amide bonds. The largest absolute Gasteiger partial charge is 0.231 e. The monoisotopic (exact) mass is 198 g/mol. The van der Waals surface area contributed by atoms with E-state index in [1.165, 1.54) is 19.3 Å². The normalized spacial score (nSPS) is 21.7. The second-order valence-electron chi connectivity index (χ2n) is 3.20. The van der Waals surface area contributed by atoms with Crippen LogP contribution in [0.3, 0.4) is 0 Å². The number of hydrogen-bond donors (Lipinski definition) is 2. The minimum absolute atomic E-state index is 0.639. The van der Waals surface area contributed by atoms with Crippen molar-refractivity contribution in [2.75, 3.05) is 13.2 Å². The van der Waals surface area contributed by atoms with Crippen LogP contribution in [-0.2, 0) is 9.88 Å². The van der Waals surface area contributed by atoms with Crippen LogP contribution < -0.4 is 11.0 Å². The van der Waals surface area contributed by atoms with Gasteiger partial charge in [-0.15, -0.1) is 22.4 Å². The molecule has 0 atom stereocenters. The molecule has 0 bridgehead atoms. The van der Waals surface area contributed by atoms with Gasteiger partial charge < -0.3 is 0 Å². The average molecular weight is 198 g/mol. The molecule has 0 saturated heterocycles. The fourth-order valence-corrected chi connectivity index (χ4v) is 1.18. The molecular weight excluding hydrogens is 180 g/mol. The van der Waals surface area contributed by atoms with E-state index in [4.69, 9.17) is 4.89 Å². The van der Waals surface area contributed by atoms with Gasteiger partial charge in [0.1, 0.15) is 0 Å². The third-order valence-corrected chi connectivity index (χ3v) is 1.95. The summed E-state index contributed by atoms with van der Waals surface area (Å²) in [6, 6.07) is 0. The third-order valence-electron chi connectivity index (χ3n) is 1.95. The van der Waals surface area contributed by atoms with Gasteiger partial charge in [-0.3, -0.25) is 0 Å². The van der Waals surface area contributed by atoms with Crippen molar-refractivity contribution in [3.8, 4) is 11.8 Å². The molecule has 0 spiro atoms. The Morgan fingerprint density at radius 1 is 0.929 bits per heavy atom. The summed E-state index contributed by atoms with van der Waals surface area (Å²) in [6.45, 7) is 1.40. The number of nitrogens with one attached hydrogen (secondary N) is 2. The molecule has 0 aliphatic carbocycles. The van der Waals surface area contributed by atoms with E-state index in [0.29, 0.717) is 6.61 Å². The Labute approximate surface area is 85.2 Å². The third kappa shape index (κ3) is 6.87. The molecule has 0 unspecified atom stereocenters. The van der Waals surface area contributed by atoms with Gasteiger partial charge >= 0.3 is 0 Å². The number of hydrogen-bond acceptors (Lipinski definition) is 4. The molecule has 80 valence electrons. The van der Waals surface area contributed by atoms with Crippen molar-refractivity contribution < 1.29 is 9.88 Å². The second-order valence-corrected chi connectivity index (χ2v) is 3.20. The Morgan fingerprint density at radius 3 is 2.79 bits per heavy atom. The van der Waals surface area contributed by atoms with Gasteiger partial charge in [-0.2, -0.15) is 0 Å². The molecule has 1 aliphatic heterocycles. The zero-order valence-electron chi connectivity index (χ0n) is 8.47. The smallest absolute Gasteiger partial charge is 0.0842 e. The first kappa shape index (κ1) is 11.5. The summed E-state index contributed by atoms with van der Waals surface area (Å²) in [5.41, 5.74) is 5.34. The number of hydrazine groups is 1. The topological polar surface area (TPSA) is 42.5 Å². The summed E-state index contributed by atoms with van der Waals surface area (Å²) in [5.74, 6) is 6.24. The molecule has 14 heavy (non-hydrogen) atoms. The van der Waals surface area contributed by atoms with Crippen molar-refractivity contribution in [3.63, 3.8) is 0 Å². The highest BCUT2D eigenvalue weighted by atomic mass is 17.3. The predicted molar refractivity (Wildman–Crippen MR) is 53.7 cm³/mol. The van der Waals surface area contributed by atoms with E-state index in [9.17, 15) is 0 Å². The summed E-state index contributed by atoms with van der Waals surface area (Å²) in [7, 11) is 0. The summed E-state index contributed by atoms with van der Waals surface area (Å²) in [6.07, 6.45) is 6.48. The van der Waals surface area contributed by atoms with Gasteiger partial charge in [-0.25, -0.2) is 10.3 Å². The lowest BCUT2D eigenvalue weighted by atomic mass is 10.1. The van der Waals surface area contributed by atoms with Crippen molar-refractivity contribution in [2.24, 2.45) is 0 Å². The first-order chi connectivity index (χ1) is 7.00. The van der Waals surface area contributed by atoms with Crippen LogP contribution in [0.4, 0.5) is 0 Å². The summed E-state index contributed by atoms with van der Waals surface area (Å²) in [4.78, 5) is 9.54. The molecule has 0 aromatic rings. The predicted octanol–water partition coefficient (Wildman–Crippen LogP) is 1.30. The first-order valence-corrected chi connectivity index (χ1v) is 5.22. The highest BCUT2D eigenvalue weighted by Gasteiger charge is 1.92. The van der Waals surface area contributed by atoms with Gasteiger partial charge in [-0.05, 0) is 12.8 Å². The molecular formula is C10H18N2O2. The quantitative estimate of drug-likeness (QED) is 0.455. The molecule has 4 heteroatoms. The van der Waals surface area contributed by atoms with Crippen LogP contribution in [0.15, 0.2) is 0 Å². The fourth-order valence-electron chi connectivity index (χ4n) is 1.18. The highest BCUT2D eigenvalue weighted by Crippen LogP contribution is 2.02. The Kier molecular flexibility index (Phi) is 7.36. The molecule has 1 aliphatic rings. The lowest BCUT2D eigenvalue weighted by Crippen LogP contribution is -2.32. The molecule has 0 aromatic heterocycles. The molecule has 0 saturated carbocycles. The van der Waals surface area contributed by atoms with E-state index in [0.717, 1.165) is 25.8 Å². The van der Waals surface area contributed by atoms with E-state index < -0.39 is 0 Å². The average Bonchev–Trinajstić information content (AvgIpc) is 2.22. The molecule has 0 aromatic carbocycles. The van der Waals surface area contributed by atoms with Crippen LogP contribution >= 0.6 is 0 Å². The molecule has 1 rings (SSSR count). The highest BCUT2D eigenvalue weighted by molar-refractivity contribution is 4.98. The molecule has 4 nitrogen and oxygen atoms in total. The fraction of sp³-hybridized carbons (Fsp3) is 0.800. The summed E-state index contributed by atoms with van der Waals surface area (Å²) in [5, 5.41) is 0. The Balaban J connectivity index is 2.12. The molecule has 2 N–H and O–H groups in total. The lowest BCUT2D eigenvalue weighted by molar-refractivity contribution is -0.345. The van der Waals surface area contributed by atoms with Crippen molar-refractivity contribution in [3.05, 3.63) is 0 Å². The lowest BCUT2D eigenvalue weighted by Gasteiger charge is -2.05. The maximum Gasteiger partial charge on any atom is 0.0842 e. The minimum atomic E-state index is 0.639. The Hall–Kier alpha value is -0.600. The SMILES string of the molecule is C1#CCCNNOOCCCCCC1. The molecule has 0 radical (unpaired) electrons. The van der Waals surface area contributed by atoms with Crippen LogP contribution in [0.2, 0.25) is 0 Å². The van der Waals surface area contributed by atoms with Gasteiger partial charge in [-0.1, -0.05) is 12.8 Å². The van der Waals surface area contributed by atoms with E-state index in [1.807, 2.05) is 0 Å². The van der Waals surface area contributed by atoms with Crippen LogP contribution in [-0.4, -0.2) is 13.2 Å². The van der Waals surface area contributed by atoms with Crippen molar-refractivity contribution in [1.82, 2.24) is 11.0 Å². The van der Waals surface area contributed by atoms with Crippen LogP contribution in [0.25, 0.3) is 0 Å². The Morgan fingerprint density at radius 2 is 1.79 bits per heavy atom. The minimum Gasteiger partial charge on any atom is -0.231 e.